The molecular weight excluding hydrogens is 240 g/mol. The van der Waals surface area contributed by atoms with E-state index < -0.39 is 5.92 Å². The molecule has 0 bridgehead atoms. The molecule has 1 rings (SSSR count). The number of methoxy groups -OCH3 is 1. The van der Waals surface area contributed by atoms with E-state index in [-0.39, 0.29) is 24.8 Å². The van der Waals surface area contributed by atoms with Crippen LogP contribution in [0.5, 0.6) is 0 Å². The summed E-state index contributed by atoms with van der Waals surface area (Å²) in [5.41, 5.74) is 5.69. The van der Waals surface area contributed by atoms with Gasteiger partial charge in [0.05, 0.1) is 6.61 Å². The summed E-state index contributed by atoms with van der Waals surface area (Å²) in [6.45, 7) is 2.81. The van der Waals surface area contributed by atoms with Gasteiger partial charge in [-0.1, -0.05) is 0 Å². The third kappa shape index (κ3) is 5.62. The minimum absolute atomic E-state index is 0.00577. The van der Waals surface area contributed by atoms with Gasteiger partial charge in [-0.25, -0.2) is 8.78 Å². The summed E-state index contributed by atoms with van der Waals surface area (Å²) in [5.74, 6) is -2.29. The molecule has 18 heavy (non-hydrogen) atoms. The second-order valence-electron chi connectivity index (χ2n) is 5.04. The molecule has 0 radical (unpaired) electrons. The van der Waals surface area contributed by atoms with Crippen LogP contribution >= 0.6 is 0 Å². The second-order valence-corrected chi connectivity index (χ2v) is 5.04. The third-order valence-corrected chi connectivity index (χ3v) is 3.07. The molecule has 0 amide bonds. The fraction of sp³-hybridized carbons (Fsp3) is 0.917. The average molecular weight is 263 g/mol. The molecule has 0 saturated heterocycles. The number of hydrogen-bond donors (Lipinski definition) is 2. The van der Waals surface area contributed by atoms with E-state index in [0.717, 1.165) is 6.42 Å². The smallest absolute Gasteiger partial charge is 0.248 e. The molecular formula is C12H23F2N3O. The largest absolute Gasteiger partial charge is 0.383 e. The van der Waals surface area contributed by atoms with Crippen LogP contribution in [-0.2, 0) is 4.74 Å². The number of nitrogens with one attached hydrogen (secondary N) is 1. The fourth-order valence-electron chi connectivity index (χ4n) is 2.25. The molecule has 0 aromatic rings. The Hall–Kier alpha value is -0.910. The van der Waals surface area contributed by atoms with E-state index in [1.54, 1.807) is 7.11 Å². The maximum Gasteiger partial charge on any atom is 0.248 e. The lowest BCUT2D eigenvalue weighted by Crippen LogP contribution is -2.41. The number of rotatable bonds is 5. The van der Waals surface area contributed by atoms with Gasteiger partial charge in [0.1, 0.15) is 0 Å². The molecule has 1 fully saturated rings. The Morgan fingerprint density at radius 2 is 2.33 bits per heavy atom. The van der Waals surface area contributed by atoms with Crippen LogP contribution in [0.1, 0.15) is 32.6 Å². The predicted molar refractivity (Wildman–Crippen MR) is 67.9 cm³/mol. The standard InChI is InChI=1S/C12H23F2N3O/c1-9(8-18-2)17-11(15)16-7-10-4-3-5-12(13,14)6-10/h9-10H,3-8H2,1-2H3,(H3,15,16,17). The summed E-state index contributed by atoms with van der Waals surface area (Å²) >= 11 is 0. The van der Waals surface area contributed by atoms with Crippen LogP contribution in [-0.4, -0.2) is 38.2 Å². The number of nitrogens with zero attached hydrogens (tertiary/aromatic N) is 1. The second kappa shape index (κ2) is 6.87. The molecule has 0 aromatic heterocycles. The lowest BCUT2D eigenvalue weighted by molar-refractivity contribution is -0.0508. The van der Waals surface area contributed by atoms with Gasteiger partial charge in [-0.3, -0.25) is 4.99 Å². The van der Waals surface area contributed by atoms with Gasteiger partial charge in [-0.05, 0) is 25.7 Å². The maximum absolute atomic E-state index is 13.2. The Balaban J connectivity index is 2.33. The highest BCUT2D eigenvalue weighted by Gasteiger charge is 2.35. The highest BCUT2D eigenvalue weighted by Crippen LogP contribution is 2.36. The number of hydrogen-bond acceptors (Lipinski definition) is 2. The Morgan fingerprint density at radius 3 is 2.94 bits per heavy atom. The van der Waals surface area contributed by atoms with Crippen molar-refractivity contribution in [2.75, 3.05) is 20.3 Å². The van der Waals surface area contributed by atoms with Crippen molar-refractivity contribution in [3.8, 4) is 0 Å². The van der Waals surface area contributed by atoms with Crippen molar-refractivity contribution in [1.29, 1.82) is 0 Å². The summed E-state index contributed by atoms with van der Waals surface area (Å²) in [4.78, 5) is 4.13. The first-order valence-corrected chi connectivity index (χ1v) is 6.36. The average Bonchev–Trinajstić information content (AvgIpc) is 2.25. The number of guanidine groups is 1. The number of ether oxygens (including phenoxy) is 1. The highest BCUT2D eigenvalue weighted by atomic mass is 19.3. The molecule has 0 aromatic carbocycles. The quantitative estimate of drug-likeness (QED) is 0.587. The first-order valence-electron chi connectivity index (χ1n) is 6.36. The van der Waals surface area contributed by atoms with Gasteiger partial charge in [0.2, 0.25) is 5.92 Å². The molecule has 0 heterocycles. The minimum atomic E-state index is -2.52. The monoisotopic (exact) mass is 263 g/mol. The van der Waals surface area contributed by atoms with E-state index in [1.165, 1.54) is 0 Å². The summed E-state index contributed by atoms with van der Waals surface area (Å²) in [6.07, 6.45) is 1.31. The van der Waals surface area contributed by atoms with E-state index in [0.29, 0.717) is 25.5 Å². The third-order valence-electron chi connectivity index (χ3n) is 3.07. The summed E-state index contributed by atoms with van der Waals surface area (Å²) < 4.78 is 31.3. The molecule has 0 spiro atoms. The van der Waals surface area contributed by atoms with Crippen molar-refractivity contribution in [3.05, 3.63) is 0 Å². The molecule has 2 atom stereocenters. The van der Waals surface area contributed by atoms with Gasteiger partial charge in [0, 0.05) is 32.5 Å². The van der Waals surface area contributed by atoms with E-state index in [1.807, 2.05) is 6.92 Å². The van der Waals surface area contributed by atoms with Crippen LogP contribution in [0, 0.1) is 5.92 Å². The molecule has 3 N–H and O–H groups in total. The number of halogens is 2. The lowest BCUT2D eigenvalue weighted by Gasteiger charge is -2.27. The molecule has 6 heteroatoms. The Bertz CT molecular complexity index is 284. The van der Waals surface area contributed by atoms with E-state index >= 15 is 0 Å². The lowest BCUT2D eigenvalue weighted by atomic mass is 9.87. The van der Waals surface area contributed by atoms with Crippen molar-refractivity contribution in [1.82, 2.24) is 5.32 Å². The molecule has 2 unspecified atom stereocenters. The van der Waals surface area contributed by atoms with Gasteiger partial charge >= 0.3 is 0 Å². The molecule has 1 aliphatic carbocycles. The van der Waals surface area contributed by atoms with Crippen LogP contribution in [0.25, 0.3) is 0 Å². The van der Waals surface area contributed by atoms with Gasteiger partial charge in [0.25, 0.3) is 0 Å². The molecule has 4 nitrogen and oxygen atoms in total. The van der Waals surface area contributed by atoms with Crippen molar-refractivity contribution < 1.29 is 13.5 Å². The number of nitrogens with two attached hydrogens (primary N) is 1. The van der Waals surface area contributed by atoms with Gasteiger partial charge < -0.3 is 15.8 Å². The Labute approximate surface area is 107 Å². The zero-order chi connectivity index (χ0) is 13.6. The van der Waals surface area contributed by atoms with E-state index in [9.17, 15) is 8.78 Å². The van der Waals surface area contributed by atoms with Crippen LogP contribution in [0.2, 0.25) is 0 Å². The van der Waals surface area contributed by atoms with Crippen molar-refractivity contribution >= 4 is 5.96 Å². The van der Waals surface area contributed by atoms with Crippen LogP contribution < -0.4 is 11.1 Å². The predicted octanol–water partition coefficient (Wildman–Crippen LogP) is 1.75. The minimum Gasteiger partial charge on any atom is -0.383 e. The van der Waals surface area contributed by atoms with Crippen molar-refractivity contribution in [2.24, 2.45) is 16.6 Å². The van der Waals surface area contributed by atoms with Crippen molar-refractivity contribution in [3.63, 3.8) is 0 Å². The molecule has 1 aliphatic rings. The van der Waals surface area contributed by atoms with E-state index in [2.05, 4.69) is 10.3 Å². The normalized spacial score (nSPS) is 25.8. The summed E-state index contributed by atoms with van der Waals surface area (Å²) in [7, 11) is 1.61. The molecule has 0 aliphatic heterocycles. The van der Waals surface area contributed by atoms with Gasteiger partial charge in [-0.15, -0.1) is 0 Å². The Kier molecular flexibility index (Phi) is 5.78. The SMILES string of the molecule is COCC(C)NC(N)=NCC1CCCC(F)(F)C1. The first-order chi connectivity index (χ1) is 8.43. The summed E-state index contributed by atoms with van der Waals surface area (Å²) in [6, 6.07) is 0.0616. The van der Waals surface area contributed by atoms with Crippen LogP contribution in [0.3, 0.4) is 0 Å². The molecule has 1 saturated carbocycles. The fourth-order valence-corrected chi connectivity index (χ4v) is 2.25. The highest BCUT2D eigenvalue weighted by molar-refractivity contribution is 5.78. The van der Waals surface area contributed by atoms with E-state index in [4.69, 9.17) is 10.5 Å². The maximum atomic E-state index is 13.2. The van der Waals surface area contributed by atoms with Gasteiger partial charge in [0.15, 0.2) is 5.96 Å². The first kappa shape index (κ1) is 15.1. The van der Waals surface area contributed by atoms with Gasteiger partial charge in [-0.2, -0.15) is 0 Å². The summed E-state index contributed by atoms with van der Waals surface area (Å²) in [5, 5.41) is 2.96. The number of alkyl halides is 2. The van der Waals surface area contributed by atoms with Crippen molar-refractivity contribution in [2.45, 2.75) is 44.6 Å². The zero-order valence-electron chi connectivity index (χ0n) is 11.1. The zero-order valence-corrected chi connectivity index (χ0v) is 11.1. The number of aliphatic imine (C=N–C) groups is 1. The Morgan fingerprint density at radius 1 is 1.61 bits per heavy atom. The van der Waals surface area contributed by atoms with Crippen LogP contribution in [0.4, 0.5) is 8.78 Å². The topological polar surface area (TPSA) is 59.6 Å². The molecule has 106 valence electrons. The van der Waals surface area contributed by atoms with Crippen LogP contribution in [0.15, 0.2) is 4.99 Å².